The van der Waals surface area contributed by atoms with Crippen molar-refractivity contribution in [2.24, 2.45) is 0 Å². The van der Waals surface area contributed by atoms with Gasteiger partial charge in [0.05, 0.1) is 13.0 Å². The van der Waals surface area contributed by atoms with Crippen LogP contribution >= 0.6 is 0 Å². The number of benzene rings is 2. The zero-order valence-corrected chi connectivity index (χ0v) is 15.7. The normalized spacial score (nSPS) is 10.4. The van der Waals surface area contributed by atoms with E-state index in [1.54, 1.807) is 6.20 Å². The molecule has 0 fully saturated rings. The average Bonchev–Trinajstić information content (AvgIpc) is 3.15. The minimum Gasteiger partial charge on any atom is -0.354 e. The second-order valence-corrected chi connectivity index (χ2v) is 6.50. The van der Waals surface area contributed by atoms with Gasteiger partial charge >= 0.3 is 0 Å². The third-order valence-corrected chi connectivity index (χ3v) is 4.32. The van der Waals surface area contributed by atoms with Gasteiger partial charge in [0.25, 0.3) is 0 Å². The Bertz CT molecular complexity index is 891. The third kappa shape index (κ3) is 6.09. The first-order valence-corrected chi connectivity index (χ1v) is 9.32. The van der Waals surface area contributed by atoms with Gasteiger partial charge in [-0.1, -0.05) is 60.7 Å². The summed E-state index contributed by atoms with van der Waals surface area (Å²) in [6, 6.07) is 19.6. The molecule has 28 heavy (non-hydrogen) atoms. The monoisotopic (exact) mass is 376 g/mol. The average molecular weight is 376 g/mol. The van der Waals surface area contributed by atoms with E-state index >= 15 is 0 Å². The lowest BCUT2D eigenvalue weighted by Crippen LogP contribution is -2.38. The highest BCUT2D eigenvalue weighted by Crippen LogP contribution is 2.05. The molecule has 0 unspecified atom stereocenters. The summed E-state index contributed by atoms with van der Waals surface area (Å²) in [6.07, 6.45) is 4.60. The molecule has 2 aromatic carbocycles. The van der Waals surface area contributed by atoms with Gasteiger partial charge in [-0.05, 0) is 11.1 Å². The van der Waals surface area contributed by atoms with E-state index in [4.69, 9.17) is 0 Å². The maximum absolute atomic E-state index is 12.0. The van der Waals surface area contributed by atoms with Crippen molar-refractivity contribution in [2.75, 3.05) is 13.1 Å². The van der Waals surface area contributed by atoms with Crippen molar-refractivity contribution in [3.8, 4) is 0 Å². The van der Waals surface area contributed by atoms with Crippen LogP contribution in [-0.2, 0) is 29.0 Å². The number of carbonyl (C=O) groups excluding carboxylic acids is 2. The summed E-state index contributed by atoms with van der Waals surface area (Å²) in [5.74, 6) is 0.541. The molecule has 0 aliphatic heterocycles. The first-order chi connectivity index (χ1) is 13.7. The van der Waals surface area contributed by atoms with Gasteiger partial charge in [0.1, 0.15) is 5.82 Å². The number of imidazole rings is 1. The Morgan fingerprint density at radius 3 is 2.25 bits per heavy atom. The summed E-state index contributed by atoms with van der Waals surface area (Å²) in [6.45, 7) is 1.20. The van der Waals surface area contributed by atoms with Gasteiger partial charge in [-0.2, -0.15) is 0 Å². The molecule has 0 saturated carbocycles. The fourth-order valence-electron chi connectivity index (χ4n) is 2.89. The van der Waals surface area contributed by atoms with Crippen molar-refractivity contribution < 1.29 is 9.59 Å². The highest BCUT2D eigenvalue weighted by molar-refractivity contribution is 5.85. The molecule has 0 saturated heterocycles. The second-order valence-electron chi connectivity index (χ2n) is 6.50. The molecule has 2 N–H and O–H groups in total. The molecule has 6 nitrogen and oxygen atoms in total. The molecule has 0 bridgehead atoms. The van der Waals surface area contributed by atoms with E-state index in [0.717, 1.165) is 17.9 Å². The van der Waals surface area contributed by atoms with E-state index in [9.17, 15) is 9.59 Å². The predicted octanol–water partition coefficient (Wildman–Crippen LogP) is 1.95. The lowest BCUT2D eigenvalue weighted by atomic mass is 10.1. The molecular weight excluding hydrogens is 352 g/mol. The SMILES string of the molecule is O=C(CNC(=O)Cc1ccccc1)NCCc1nccn1Cc1ccccc1. The van der Waals surface area contributed by atoms with Gasteiger partial charge in [0.15, 0.2) is 0 Å². The van der Waals surface area contributed by atoms with Crippen LogP contribution < -0.4 is 10.6 Å². The van der Waals surface area contributed by atoms with Crippen molar-refractivity contribution >= 4 is 11.8 Å². The molecule has 0 radical (unpaired) electrons. The number of carbonyl (C=O) groups is 2. The maximum Gasteiger partial charge on any atom is 0.239 e. The van der Waals surface area contributed by atoms with Gasteiger partial charge in [0, 0.05) is 31.9 Å². The number of rotatable bonds is 9. The third-order valence-electron chi connectivity index (χ3n) is 4.32. The van der Waals surface area contributed by atoms with E-state index < -0.39 is 0 Å². The van der Waals surface area contributed by atoms with Crippen LogP contribution in [0.3, 0.4) is 0 Å². The zero-order chi connectivity index (χ0) is 19.6. The number of hydrogen-bond acceptors (Lipinski definition) is 3. The fourth-order valence-corrected chi connectivity index (χ4v) is 2.89. The Balaban J connectivity index is 1.38. The summed E-state index contributed by atoms with van der Waals surface area (Å²) in [4.78, 5) is 28.2. The van der Waals surface area contributed by atoms with Gasteiger partial charge in [0.2, 0.25) is 11.8 Å². The topological polar surface area (TPSA) is 76.0 Å². The number of nitrogens with zero attached hydrogens (tertiary/aromatic N) is 2. The largest absolute Gasteiger partial charge is 0.354 e. The number of amides is 2. The van der Waals surface area contributed by atoms with Gasteiger partial charge in [-0.15, -0.1) is 0 Å². The molecule has 1 heterocycles. The molecule has 3 rings (SSSR count). The molecule has 0 aliphatic carbocycles. The lowest BCUT2D eigenvalue weighted by molar-refractivity contribution is -0.125. The van der Waals surface area contributed by atoms with Gasteiger partial charge in [-0.25, -0.2) is 4.98 Å². The zero-order valence-electron chi connectivity index (χ0n) is 15.7. The molecule has 3 aromatic rings. The van der Waals surface area contributed by atoms with Crippen LogP contribution in [0, 0.1) is 0 Å². The Labute approximate surface area is 164 Å². The van der Waals surface area contributed by atoms with Crippen molar-refractivity contribution in [3.05, 3.63) is 90.0 Å². The first kappa shape index (κ1) is 19.4. The standard InChI is InChI=1S/C22H24N4O2/c27-21(15-18-7-3-1-4-8-18)25-16-22(28)24-12-11-20-23-13-14-26(20)17-19-9-5-2-6-10-19/h1-10,13-14H,11-12,15-17H2,(H,24,28)(H,25,27). The predicted molar refractivity (Wildman–Crippen MR) is 108 cm³/mol. The van der Waals surface area contributed by atoms with Crippen molar-refractivity contribution in [2.45, 2.75) is 19.4 Å². The van der Waals surface area contributed by atoms with Crippen molar-refractivity contribution in [1.82, 2.24) is 20.2 Å². The molecule has 2 amide bonds. The van der Waals surface area contributed by atoms with Crippen molar-refractivity contribution in [3.63, 3.8) is 0 Å². The van der Waals surface area contributed by atoms with Gasteiger partial charge in [-0.3, -0.25) is 9.59 Å². The van der Waals surface area contributed by atoms with E-state index in [0.29, 0.717) is 13.0 Å². The van der Waals surface area contributed by atoms with E-state index in [-0.39, 0.29) is 24.8 Å². The molecule has 0 atom stereocenters. The quantitative estimate of drug-likeness (QED) is 0.599. The molecular formula is C22H24N4O2. The van der Waals surface area contributed by atoms with E-state index in [1.165, 1.54) is 5.56 Å². The van der Waals surface area contributed by atoms with Crippen LogP contribution in [0.5, 0.6) is 0 Å². The minimum absolute atomic E-state index is 0.0237. The summed E-state index contributed by atoms with van der Waals surface area (Å²) in [7, 11) is 0. The summed E-state index contributed by atoms with van der Waals surface area (Å²) in [5.41, 5.74) is 2.12. The number of aromatic nitrogens is 2. The number of nitrogens with one attached hydrogen (secondary N) is 2. The summed E-state index contributed by atoms with van der Waals surface area (Å²) < 4.78 is 2.07. The van der Waals surface area contributed by atoms with Crippen LogP contribution in [0.4, 0.5) is 0 Å². The Hall–Kier alpha value is -3.41. The molecule has 0 aliphatic rings. The van der Waals surface area contributed by atoms with Crippen LogP contribution in [0.2, 0.25) is 0 Å². The Kier molecular flexibility index (Phi) is 6.95. The van der Waals surface area contributed by atoms with E-state index in [2.05, 4.69) is 32.3 Å². The second kappa shape index (κ2) is 10.1. The van der Waals surface area contributed by atoms with Crippen LogP contribution in [0.25, 0.3) is 0 Å². The Morgan fingerprint density at radius 1 is 0.857 bits per heavy atom. The molecule has 1 aromatic heterocycles. The fraction of sp³-hybridized carbons (Fsp3) is 0.227. The highest BCUT2D eigenvalue weighted by atomic mass is 16.2. The summed E-state index contributed by atoms with van der Waals surface area (Å²) >= 11 is 0. The van der Waals surface area contributed by atoms with E-state index in [1.807, 2.05) is 54.7 Å². The van der Waals surface area contributed by atoms with Crippen LogP contribution in [0.15, 0.2) is 73.1 Å². The Morgan fingerprint density at radius 2 is 1.54 bits per heavy atom. The van der Waals surface area contributed by atoms with Crippen LogP contribution in [-0.4, -0.2) is 34.5 Å². The highest BCUT2D eigenvalue weighted by Gasteiger charge is 2.08. The van der Waals surface area contributed by atoms with Crippen LogP contribution in [0.1, 0.15) is 17.0 Å². The first-order valence-electron chi connectivity index (χ1n) is 9.32. The lowest BCUT2D eigenvalue weighted by Gasteiger charge is -2.09. The van der Waals surface area contributed by atoms with Crippen molar-refractivity contribution in [1.29, 1.82) is 0 Å². The minimum atomic E-state index is -0.206. The smallest absolute Gasteiger partial charge is 0.239 e. The summed E-state index contributed by atoms with van der Waals surface area (Å²) in [5, 5.41) is 5.47. The molecule has 144 valence electrons. The molecule has 0 spiro atoms. The number of hydrogen-bond donors (Lipinski definition) is 2. The maximum atomic E-state index is 12.0. The van der Waals surface area contributed by atoms with Gasteiger partial charge < -0.3 is 15.2 Å². The molecule has 6 heteroatoms.